The number of rotatable bonds is 4. The van der Waals surface area contributed by atoms with Crippen LogP contribution in [0.5, 0.6) is 0 Å². The number of nitrogens with zero attached hydrogens (tertiary/aromatic N) is 2. The van der Waals surface area contributed by atoms with E-state index in [0.29, 0.717) is 12.0 Å². The summed E-state index contributed by atoms with van der Waals surface area (Å²) in [5.41, 5.74) is 1.24. The van der Waals surface area contributed by atoms with Gasteiger partial charge in [-0.1, -0.05) is 39.5 Å². The number of carboxylic acids is 1. The van der Waals surface area contributed by atoms with Crippen molar-refractivity contribution >= 4 is 17.7 Å². The summed E-state index contributed by atoms with van der Waals surface area (Å²) in [6.45, 7) is 8.72. The smallest absolute Gasteiger partial charge is 0.313 e. The molecule has 18 heavy (non-hydrogen) atoms. The van der Waals surface area contributed by atoms with Crippen LogP contribution in [0, 0.1) is 5.92 Å². The Bertz CT molecular complexity index is 462. The molecule has 0 bridgehead atoms. The van der Waals surface area contributed by atoms with Gasteiger partial charge < -0.3 is 9.67 Å². The fourth-order valence-electron chi connectivity index (χ4n) is 2.11. The predicted molar refractivity (Wildman–Crippen MR) is 72.1 cm³/mol. The van der Waals surface area contributed by atoms with Gasteiger partial charge in [-0.3, -0.25) is 4.79 Å². The summed E-state index contributed by atoms with van der Waals surface area (Å²) in [5, 5.41) is 9.62. The molecule has 2 atom stereocenters. The summed E-state index contributed by atoms with van der Waals surface area (Å²) >= 11 is 1.31. The van der Waals surface area contributed by atoms with Gasteiger partial charge in [-0.05, 0) is 12.3 Å². The molecule has 5 heteroatoms. The van der Waals surface area contributed by atoms with Crippen molar-refractivity contribution in [3.05, 3.63) is 11.9 Å². The number of carboxylic acid groups (broad SMARTS) is 1. The maximum atomic E-state index is 10.7. The highest BCUT2D eigenvalue weighted by Crippen LogP contribution is 2.47. The second kappa shape index (κ2) is 4.61. The fraction of sp³-hybridized carbons (Fsp3) is 0.692. The zero-order valence-electron chi connectivity index (χ0n) is 11.3. The molecule has 4 nitrogen and oxygen atoms in total. The van der Waals surface area contributed by atoms with E-state index in [-0.39, 0.29) is 11.2 Å². The van der Waals surface area contributed by atoms with Crippen molar-refractivity contribution in [1.29, 1.82) is 0 Å². The largest absolute Gasteiger partial charge is 0.481 e. The summed E-state index contributed by atoms with van der Waals surface area (Å²) in [6, 6.07) is 0.498. The molecule has 2 rings (SSSR count). The Labute approximate surface area is 112 Å². The first-order valence-electron chi connectivity index (χ1n) is 6.23. The lowest BCUT2D eigenvalue weighted by Crippen LogP contribution is -2.18. The quantitative estimate of drug-likeness (QED) is 0.853. The number of aliphatic carboxylic acids is 1. The molecule has 1 aromatic heterocycles. The van der Waals surface area contributed by atoms with Crippen LogP contribution in [-0.2, 0) is 10.2 Å². The molecule has 1 heterocycles. The normalized spacial score (nSPS) is 23.1. The van der Waals surface area contributed by atoms with Gasteiger partial charge in [0, 0.05) is 23.3 Å². The third kappa shape index (κ3) is 2.71. The second-order valence-corrected chi connectivity index (χ2v) is 6.95. The van der Waals surface area contributed by atoms with Gasteiger partial charge in [0.25, 0.3) is 0 Å². The SMILES string of the molecule is CC1CC1n1c(C(C)(C)C)cnc1SCC(=O)O. The van der Waals surface area contributed by atoms with Gasteiger partial charge in [-0.25, -0.2) is 4.98 Å². The van der Waals surface area contributed by atoms with E-state index in [1.54, 1.807) is 0 Å². The van der Waals surface area contributed by atoms with Gasteiger partial charge in [0.15, 0.2) is 5.16 Å². The molecule has 1 aliphatic rings. The first-order chi connectivity index (χ1) is 8.30. The molecule has 1 aromatic rings. The molecule has 1 aliphatic carbocycles. The van der Waals surface area contributed by atoms with Gasteiger partial charge in [0.05, 0.1) is 5.75 Å². The Balaban J connectivity index is 2.30. The number of carbonyl (C=O) groups is 1. The lowest BCUT2D eigenvalue weighted by molar-refractivity contribution is -0.133. The minimum Gasteiger partial charge on any atom is -0.481 e. The van der Waals surface area contributed by atoms with Crippen LogP contribution in [0.4, 0.5) is 0 Å². The Morgan fingerprint density at radius 3 is 2.67 bits per heavy atom. The van der Waals surface area contributed by atoms with Crippen molar-refractivity contribution in [2.75, 3.05) is 5.75 Å². The molecule has 2 unspecified atom stereocenters. The highest BCUT2D eigenvalue weighted by molar-refractivity contribution is 7.99. The van der Waals surface area contributed by atoms with Gasteiger partial charge in [-0.2, -0.15) is 0 Å². The van der Waals surface area contributed by atoms with E-state index in [9.17, 15) is 4.79 Å². The average Bonchev–Trinajstić information content (AvgIpc) is 2.78. The highest BCUT2D eigenvalue weighted by Gasteiger charge is 2.39. The van der Waals surface area contributed by atoms with Gasteiger partial charge in [-0.15, -0.1) is 0 Å². The molecular weight excluding hydrogens is 248 g/mol. The topological polar surface area (TPSA) is 55.1 Å². The van der Waals surface area contributed by atoms with Gasteiger partial charge >= 0.3 is 5.97 Å². The van der Waals surface area contributed by atoms with Crippen LogP contribution in [0.3, 0.4) is 0 Å². The zero-order valence-corrected chi connectivity index (χ0v) is 12.1. The maximum absolute atomic E-state index is 10.7. The summed E-state index contributed by atoms with van der Waals surface area (Å²) in [4.78, 5) is 15.1. The molecule has 1 saturated carbocycles. The van der Waals surface area contributed by atoms with E-state index in [1.165, 1.54) is 23.9 Å². The lowest BCUT2D eigenvalue weighted by atomic mass is 9.92. The average molecular weight is 268 g/mol. The number of hydrogen-bond donors (Lipinski definition) is 1. The molecule has 0 radical (unpaired) electrons. The third-order valence-corrected chi connectivity index (χ3v) is 4.21. The first kappa shape index (κ1) is 13.5. The molecule has 1 N–H and O–H groups in total. The molecule has 1 fully saturated rings. The molecular formula is C13H20N2O2S. The first-order valence-corrected chi connectivity index (χ1v) is 7.21. The fourth-order valence-corrected chi connectivity index (χ4v) is 2.87. The summed E-state index contributed by atoms with van der Waals surface area (Å²) in [5.74, 6) is -0.0537. The van der Waals surface area contributed by atoms with Crippen LogP contribution < -0.4 is 0 Å². The van der Waals surface area contributed by atoms with E-state index in [4.69, 9.17) is 5.11 Å². The Morgan fingerprint density at radius 1 is 1.61 bits per heavy atom. The van der Waals surface area contributed by atoms with Crippen molar-refractivity contribution < 1.29 is 9.90 Å². The standard InChI is InChI=1S/C13H20N2O2S/c1-8-5-9(8)15-10(13(2,3)4)6-14-12(15)18-7-11(16)17/h6,8-9H,5,7H2,1-4H3,(H,16,17). The van der Waals surface area contributed by atoms with E-state index in [0.717, 1.165) is 5.16 Å². The number of aromatic nitrogens is 2. The van der Waals surface area contributed by atoms with Crippen molar-refractivity contribution in [1.82, 2.24) is 9.55 Å². The number of imidazole rings is 1. The van der Waals surface area contributed by atoms with Crippen LogP contribution in [0.2, 0.25) is 0 Å². The minimum absolute atomic E-state index is 0.0390. The van der Waals surface area contributed by atoms with Gasteiger partial charge in [0.2, 0.25) is 0 Å². The lowest BCUT2D eigenvalue weighted by Gasteiger charge is -2.21. The number of hydrogen-bond acceptors (Lipinski definition) is 3. The Kier molecular flexibility index (Phi) is 3.45. The van der Waals surface area contributed by atoms with E-state index < -0.39 is 5.97 Å². The Hall–Kier alpha value is -0.970. The van der Waals surface area contributed by atoms with Crippen LogP contribution in [0.25, 0.3) is 0 Å². The van der Waals surface area contributed by atoms with Crippen LogP contribution >= 0.6 is 11.8 Å². The second-order valence-electron chi connectivity index (χ2n) is 6.01. The predicted octanol–water partition coefficient (Wildman–Crippen LogP) is 2.94. The van der Waals surface area contributed by atoms with Crippen molar-refractivity contribution in [3.8, 4) is 0 Å². The molecule has 0 saturated heterocycles. The van der Waals surface area contributed by atoms with Crippen LogP contribution in [-0.4, -0.2) is 26.4 Å². The van der Waals surface area contributed by atoms with E-state index in [1.807, 2.05) is 6.20 Å². The molecule has 0 aromatic carbocycles. The third-order valence-electron chi connectivity index (χ3n) is 3.25. The van der Waals surface area contributed by atoms with Crippen LogP contribution in [0.15, 0.2) is 11.4 Å². The van der Waals surface area contributed by atoms with E-state index in [2.05, 4.69) is 37.2 Å². The van der Waals surface area contributed by atoms with Crippen molar-refractivity contribution in [2.24, 2.45) is 5.92 Å². The molecule has 0 amide bonds. The summed E-state index contributed by atoms with van der Waals surface area (Å²) in [7, 11) is 0. The van der Waals surface area contributed by atoms with Gasteiger partial charge in [0.1, 0.15) is 0 Å². The minimum atomic E-state index is -0.796. The monoisotopic (exact) mass is 268 g/mol. The zero-order chi connectivity index (χ0) is 13.5. The van der Waals surface area contributed by atoms with Crippen molar-refractivity contribution in [3.63, 3.8) is 0 Å². The summed E-state index contributed by atoms with van der Waals surface area (Å²) in [6.07, 6.45) is 3.06. The number of thioether (sulfide) groups is 1. The molecule has 100 valence electrons. The van der Waals surface area contributed by atoms with Crippen LogP contribution in [0.1, 0.15) is 45.9 Å². The maximum Gasteiger partial charge on any atom is 0.313 e. The van der Waals surface area contributed by atoms with E-state index >= 15 is 0 Å². The van der Waals surface area contributed by atoms with Crippen molar-refractivity contribution in [2.45, 2.75) is 50.7 Å². The molecule has 0 aliphatic heterocycles. The molecule has 0 spiro atoms. The highest BCUT2D eigenvalue weighted by atomic mass is 32.2. The summed E-state index contributed by atoms with van der Waals surface area (Å²) < 4.78 is 2.25. The Morgan fingerprint density at radius 2 is 2.22 bits per heavy atom.